The standard InChI is InChI=1S/C21H24ClN5O3S2/c1-12(2)27-19(29)17-18(24-20(32-17)26-8-4-5-9-26)25-21(27)31-11-16(28)23-14-10-13(22)6-7-15(14)30-3/h6-7,10,12H,4-5,8-9,11H2,1-3H3,(H,23,28). The smallest absolute Gasteiger partial charge is 0.274 e. The van der Waals surface area contributed by atoms with Gasteiger partial charge in [0.15, 0.2) is 15.9 Å². The number of fused-ring (bicyclic) bond motifs is 1. The van der Waals surface area contributed by atoms with Gasteiger partial charge in [0.05, 0.1) is 18.6 Å². The molecule has 1 amide bonds. The van der Waals surface area contributed by atoms with Gasteiger partial charge in [-0.05, 0) is 44.9 Å². The molecule has 2 aromatic heterocycles. The fourth-order valence-corrected chi connectivity index (χ4v) is 5.63. The van der Waals surface area contributed by atoms with Crippen LogP contribution in [0.15, 0.2) is 28.2 Å². The molecule has 170 valence electrons. The van der Waals surface area contributed by atoms with E-state index in [1.54, 1.807) is 22.8 Å². The van der Waals surface area contributed by atoms with Gasteiger partial charge < -0.3 is 15.0 Å². The second kappa shape index (κ2) is 9.68. The number of hydrogen-bond acceptors (Lipinski definition) is 8. The average molecular weight is 494 g/mol. The highest BCUT2D eigenvalue weighted by Gasteiger charge is 2.22. The number of benzene rings is 1. The Hall–Kier alpha value is -2.30. The molecule has 1 aromatic carbocycles. The Labute approximate surface area is 198 Å². The van der Waals surface area contributed by atoms with Gasteiger partial charge in [0.2, 0.25) is 5.91 Å². The first-order valence-electron chi connectivity index (χ1n) is 10.3. The zero-order valence-corrected chi connectivity index (χ0v) is 20.4. The van der Waals surface area contributed by atoms with E-state index < -0.39 is 0 Å². The van der Waals surface area contributed by atoms with Crippen LogP contribution in [-0.4, -0.2) is 46.4 Å². The highest BCUT2D eigenvalue weighted by atomic mass is 35.5. The molecule has 11 heteroatoms. The van der Waals surface area contributed by atoms with Gasteiger partial charge in [0.25, 0.3) is 5.56 Å². The van der Waals surface area contributed by atoms with Gasteiger partial charge in [-0.3, -0.25) is 14.2 Å². The molecule has 0 bridgehead atoms. The molecule has 32 heavy (non-hydrogen) atoms. The topological polar surface area (TPSA) is 89.3 Å². The predicted molar refractivity (Wildman–Crippen MR) is 131 cm³/mol. The minimum absolute atomic E-state index is 0.0729. The van der Waals surface area contributed by atoms with E-state index in [0.717, 1.165) is 31.1 Å². The molecule has 0 spiro atoms. The van der Waals surface area contributed by atoms with Crippen LogP contribution in [0.2, 0.25) is 5.02 Å². The van der Waals surface area contributed by atoms with Gasteiger partial charge in [-0.25, -0.2) is 4.98 Å². The lowest BCUT2D eigenvalue weighted by Gasteiger charge is -2.15. The molecule has 1 N–H and O–H groups in total. The Kier molecular flexibility index (Phi) is 6.92. The van der Waals surface area contributed by atoms with Crippen LogP contribution in [0, 0.1) is 0 Å². The molecule has 1 fully saturated rings. The van der Waals surface area contributed by atoms with Gasteiger partial charge in [-0.1, -0.05) is 34.7 Å². The molecule has 1 aliphatic rings. The summed E-state index contributed by atoms with van der Waals surface area (Å²) in [6.07, 6.45) is 2.26. The lowest BCUT2D eigenvalue weighted by atomic mass is 10.3. The number of thiazole rings is 1. The second-order valence-electron chi connectivity index (χ2n) is 7.69. The molecule has 1 aliphatic heterocycles. The monoisotopic (exact) mass is 493 g/mol. The Morgan fingerprint density at radius 3 is 2.75 bits per heavy atom. The van der Waals surface area contributed by atoms with Crippen LogP contribution >= 0.6 is 34.7 Å². The molecule has 3 aromatic rings. The summed E-state index contributed by atoms with van der Waals surface area (Å²) < 4.78 is 7.46. The molecule has 0 aliphatic carbocycles. The van der Waals surface area contributed by atoms with E-state index in [4.69, 9.17) is 16.3 Å². The van der Waals surface area contributed by atoms with Crippen molar-refractivity contribution >= 4 is 61.8 Å². The number of aromatic nitrogens is 3. The maximum atomic E-state index is 13.2. The fraction of sp³-hybridized carbons (Fsp3) is 0.429. The summed E-state index contributed by atoms with van der Waals surface area (Å²) in [6.45, 7) is 5.76. The van der Waals surface area contributed by atoms with E-state index in [2.05, 4.69) is 20.2 Å². The van der Waals surface area contributed by atoms with Crippen LogP contribution in [0.3, 0.4) is 0 Å². The van der Waals surface area contributed by atoms with E-state index in [9.17, 15) is 9.59 Å². The van der Waals surface area contributed by atoms with E-state index in [1.807, 2.05) is 13.8 Å². The second-order valence-corrected chi connectivity index (χ2v) is 10.0. The molecule has 0 atom stereocenters. The first kappa shape index (κ1) is 22.9. The number of anilines is 2. The Morgan fingerprint density at radius 1 is 1.31 bits per heavy atom. The molecular formula is C21H24ClN5O3S2. The third-order valence-corrected chi connectivity index (χ3v) is 7.36. The van der Waals surface area contributed by atoms with Crippen molar-refractivity contribution in [2.75, 3.05) is 36.2 Å². The summed E-state index contributed by atoms with van der Waals surface area (Å²) >= 11 is 8.64. The maximum absolute atomic E-state index is 13.2. The van der Waals surface area contributed by atoms with Crippen LogP contribution in [0.5, 0.6) is 5.75 Å². The number of nitrogens with zero attached hydrogens (tertiary/aromatic N) is 4. The van der Waals surface area contributed by atoms with E-state index >= 15 is 0 Å². The lowest BCUT2D eigenvalue weighted by Crippen LogP contribution is -2.25. The predicted octanol–water partition coefficient (Wildman–Crippen LogP) is 4.43. The zero-order valence-electron chi connectivity index (χ0n) is 18.1. The molecule has 1 saturated heterocycles. The van der Waals surface area contributed by atoms with Gasteiger partial charge in [0.1, 0.15) is 10.4 Å². The van der Waals surface area contributed by atoms with Crippen molar-refractivity contribution in [2.45, 2.75) is 37.9 Å². The van der Waals surface area contributed by atoms with Crippen molar-refractivity contribution in [3.8, 4) is 5.75 Å². The largest absolute Gasteiger partial charge is 0.495 e. The first-order valence-corrected chi connectivity index (χ1v) is 12.5. The molecule has 0 saturated carbocycles. The molecule has 8 nitrogen and oxygen atoms in total. The minimum atomic E-state index is -0.253. The number of carbonyl (C=O) groups is 1. The van der Waals surface area contributed by atoms with Crippen LogP contribution in [0.25, 0.3) is 10.3 Å². The summed E-state index contributed by atoms with van der Waals surface area (Å²) in [4.78, 5) is 37.3. The Morgan fingerprint density at radius 2 is 2.06 bits per heavy atom. The summed E-state index contributed by atoms with van der Waals surface area (Å²) in [5, 5.41) is 4.62. The van der Waals surface area contributed by atoms with Crippen LogP contribution in [0.4, 0.5) is 10.8 Å². The number of amides is 1. The Balaban J connectivity index is 1.58. The molecule has 0 unspecified atom stereocenters. The quantitative estimate of drug-likeness (QED) is 0.384. The normalized spacial score (nSPS) is 13.8. The molecular weight excluding hydrogens is 470 g/mol. The number of methoxy groups -OCH3 is 1. The average Bonchev–Trinajstić information content (AvgIpc) is 3.42. The van der Waals surface area contributed by atoms with Crippen molar-refractivity contribution in [3.05, 3.63) is 33.6 Å². The summed E-state index contributed by atoms with van der Waals surface area (Å²) in [5.74, 6) is 0.336. The number of rotatable bonds is 7. The SMILES string of the molecule is COc1ccc(Cl)cc1NC(=O)CSc1nc2nc(N3CCCC3)sc2c(=O)n1C(C)C. The summed E-state index contributed by atoms with van der Waals surface area (Å²) in [7, 11) is 1.53. The molecule has 4 rings (SSSR count). The molecule has 0 radical (unpaired) electrons. The summed E-state index contributed by atoms with van der Waals surface area (Å²) in [5.41, 5.74) is 0.815. The zero-order chi connectivity index (χ0) is 22.8. The van der Waals surface area contributed by atoms with Crippen molar-refractivity contribution < 1.29 is 9.53 Å². The van der Waals surface area contributed by atoms with Crippen LogP contribution < -0.4 is 20.5 Å². The van der Waals surface area contributed by atoms with Crippen LogP contribution in [-0.2, 0) is 4.79 Å². The van der Waals surface area contributed by atoms with Gasteiger partial charge >= 0.3 is 0 Å². The third kappa shape index (κ3) is 4.72. The van der Waals surface area contributed by atoms with Crippen molar-refractivity contribution in [1.82, 2.24) is 14.5 Å². The van der Waals surface area contributed by atoms with E-state index in [0.29, 0.717) is 32.0 Å². The Bertz CT molecular complexity index is 1200. The highest BCUT2D eigenvalue weighted by Crippen LogP contribution is 2.31. The van der Waals surface area contributed by atoms with E-state index in [-0.39, 0.29) is 23.3 Å². The minimum Gasteiger partial charge on any atom is -0.495 e. The van der Waals surface area contributed by atoms with Gasteiger partial charge in [0, 0.05) is 24.2 Å². The number of thioether (sulfide) groups is 1. The number of nitrogens with one attached hydrogen (secondary N) is 1. The van der Waals surface area contributed by atoms with E-state index in [1.165, 1.54) is 30.2 Å². The number of carbonyl (C=O) groups excluding carboxylic acids is 1. The summed E-state index contributed by atoms with van der Waals surface area (Å²) in [6, 6.07) is 4.91. The van der Waals surface area contributed by atoms with Crippen molar-refractivity contribution in [1.29, 1.82) is 0 Å². The number of ether oxygens (including phenoxy) is 1. The molecule has 3 heterocycles. The highest BCUT2D eigenvalue weighted by molar-refractivity contribution is 7.99. The first-order chi connectivity index (χ1) is 15.4. The third-order valence-electron chi connectivity index (χ3n) is 5.08. The van der Waals surface area contributed by atoms with Gasteiger partial charge in [-0.2, -0.15) is 4.98 Å². The fourth-order valence-electron chi connectivity index (χ4n) is 3.55. The van der Waals surface area contributed by atoms with Crippen molar-refractivity contribution in [3.63, 3.8) is 0 Å². The van der Waals surface area contributed by atoms with Crippen LogP contribution in [0.1, 0.15) is 32.7 Å². The van der Waals surface area contributed by atoms with Gasteiger partial charge in [-0.15, -0.1) is 0 Å². The number of halogens is 1. The number of hydrogen-bond donors (Lipinski definition) is 1. The van der Waals surface area contributed by atoms with Crippen molar-refractivity contribution in [2.24, 2.45) is 0 Å². The lowest BCUT2D eigenvalue weighted by molar-refractivity contribution is -0.113. The maximum Gasteiger partial charge on any atom is 0.274 e.